The zero-order valence-corrected chi connectivity index (χ0v) is 18.9. The summed E-state index contributed by atoms with van der Waals surface area (Å²) in [5.41, 5.74) is 3.10. The van der Waals surface area contributed by atoms with Gasteiger partial charge in [-0.05, 0) is 62.1 Å². The predicted molar refractivity (Wildman–Crippen MR) is 124 cm³/mol. The van der Waals surface area contributed by atoms with Crippen LogP contribution in [0, 0.1) is 17.3 Å². The summed E-state index contributed by atoms with van der Waals surface area (Å²) in [6, 6.07) is 19.0. The zero-order chi connectivity index (χ0) is 22.0. The first-order chi connectivity index (χ1) is 14.9. The number of nitrogens with one attached hydrogen (secondary N) is 1. The van der Waals surface area contributed by atoms with Gasteiger partial charge in [0.05, 0.1) is 5.41 Å². The largest absolute Gasteiger partial charge is 0.353 e. The molecular weight excluding hydrogens is 384 g/mol. The van der Waals surface area contributed by atoms with Crippen molar-refractivity contribution in [1.29, 1.82) is 0 Å². The van der Waals surface area contributed by atoms with E-state index in [2.05, 4.69) is 48.6 Å². The molecule has 164 valence electrons. The second-order valence-electron chi connectivity index (χ2n) is 9.79. The highest BCUT2D eigenvalue weighted by Gasteiger charge is 2.46. The van der Waals surface area contributed by atoms with Gasteiger partial charge in [0.15, 0.2) is 0 Å². The van der Waals surface area contributed by atoms with E-state index in [-0.39, 0.29) is 23.8 Å². The molecule has 2 fully saturated rings. The molecule has 2 amide bonds. The number of rotatable bonds is 6. The summed E-state index contributed by atoms with van der Waals surface area (Å²) in [6.07, 6.45) is 3.17. The minimum absolute atomic E-state index is 0.108. The van der Waals surface area contributed by atoms with Gasteiger partial charge in [-0.2, -0.15) is 0 Å². The molecule has 2 aromatic carbocycles. The van der Waals surface area contributed by atoms with Crippen LogP contribution in [0.3, 0.4) is 0 Å². The molecule has 31 heavy (non-hydrogen) atoms. The number of hydrogen-bond donors (Lipinski definition) is 1. The molecule has 1 aliphatic heterocycles. The van der Waals surface area contributed by atoms with Crippen LogP contribution in [0.1, 0.15) is 45.6 Å². The average molecular weight is 419 g/mol. The Morgan fingerprint density at radius 1 is 1.00 bits per heavy atom. The van der Waals surface area contributed by atoms with E-state index in [1.165, 1.54) is 16.7 Å². The summed E-state index contributed by atoms with van der Waals surface area (Å²) in [4.78, 5) is 28.0. The van der Waals surface area contributed by atoms with Gasteiger partial charge in [-0.25, -0.2) is 0 Å². The van der Waals surface area contributed by atoms with E-state index in [1.54, 1.807) is 0 Å². The van der Waals surface area contributed by atoms with Crippen LogP contribution in [0.2, 0.25) is 0 Å². The van der Waals surface area contributed by atoms with Crippen LogP contribution >= 0.6 is 0 Å². The molecule has 0 bridgehead atoms. The Kier molecular flexibility index (Phi) is 6.17. The number of carbonyl (C=O) groups is 2. The van der Waals surface area contributed by atoms with Gasteiger partial charge < -0.3 is 10.2 Å². The van der Waals surface area contributed by atoms with Gasteiger partial charge >= 0.3 is 0 Å². The van der Waals surface area contributed by atoms with E-state index in [9.17, 15) is 9.59 Å². The number of carbonyl (C=O) groups excluding carboxylic acids is 2. The van der Waals surface area contributed by atoms with Crippen LogP contribution in [0.25, 0.3) is 11.1 Å². The van der Waals surface area contributed by atoms with E-state index in [1.807, 2.05) is 36.9 Å². The fraction of sp³-hybridized carbons (Fsp3) is 0.481. The molecule has 0 radical (unpaired) electrons. The highest BCUT2D eigenvalue weighted by Crippen LogP contribution is 2.42. The molecule has 4 rings (SSSR count). The van der Waals surface area contributed by atoms with Gasteiger partial charge in [-0.15, -0.1) is 0 Å². The molecule has 0 spiro atoms. The first kappa shape index (κ1) is 21.6. The standard InChI is InChI=1S/C27H34N2O2/c1-19(2)28-26(31)27(13-15-29(16-14-27)25(30)24-17-20(24)3)18-21-9-11-23(12-10-21)22-7-5-4-6-8-22/h4-12,19-20,24H,13-18H2,1-3H3,(H,28,31)/t20-,24-/m0/s1. The summed E-state index contributed by atoms with van der Waals surface area (Å²) in [5.74, 6) is 1.15. The number of benzene rings is 2. The van der Waals surface area contributed by atoms with Crippen molar-refractivity contribution in [2.75, 3.05) is 13.1 Å². The molecule has 1 aliphatic carbocycles. The molecule has 2 atom stereocenters. The van der Waals surface area contributed by atoms with E-state index in [0.717, 1.165) is 19.3 Å². The average Bonchev–Trinajstić information content (AvgIpc) is 3.51. The Morgan fingerprint density at radius 3 is 2.13 bits per heavy atom. The van der Waals surface area contributed by atoms with E-state index < -0.39 is 5.41 Å². The maximum Gasteiger partial charge on any atom is 0.226 e. The Hall–Kier alpha value is -2.62. The Morgan fingerprint density at radius 2 is 1.58 bits per heavy atom. The van der Waals surface area contributed by atoms with Crippen LogP contribution < -0.4 is 5.32 Å². The molecule has 2 aliphatic rings. The molecule has 0 unspecified atom stereocenters. The normalized spacial score (nSPS) is 22.3. The smallest absolute Gasteiger partial charge is 0.226 e. The van der Waals surface area contributed by atoms with Gasteiger partial charge in [0.2, 0.25) is 11.8 Å². The monoisotopic (exact) mass is 418 g/mol. The molecule has 4 nitrogen and oxygen atoms in total. The second kappa shape index (κ2) is 8.86. The Labute approximate surface area is 186 Å². The second-order valence-corrected chi connectivity index (χ2v) is 9.79. The van der Waals surface area contributed by atoms with E-state index in [4.69, 9.17) is 0 Å². The lowest BCUT2D eigenvalue weighted by molar-refractivity contribution is -0.141. The molecular formula is C27H34N2O2. The number of amides is 2. The molecule has 2 aromatic rings. The summed E-state index contributed by atoms with van der Waals surface area (Å²) in [7, 11) is 0. The fourth-order valence-corrected chi connectivity index (χ4v) is 4.79. The van der Waals surface area contributed by atoms with Gasteiger partial charge in [0.1, 0.15) is 0 Å². The van der Waals surface area contributed by atoms with E-state index >= 15 is 0 Å². The molecule has 4 heteroatoms. The summed E-state index contributed by atoms with van der Waals surface area (Å²) < 4.78 is 0. The number of nitrogens with zero attached hydrogens (tertiary/aromatic N) is 1. The van der Waals surface area contributed by atoms with Crippen molar-refractivity contribution in [3.8, 4) is 11.1 Å². The quantitative estimate of drug-likeness (QED) is 0.740. The lowest BCUT2D eigenvalue weighted by Gasteiger charge is -2.41. The van der Waals surface area contributed by atoms with Crippen molar-refractivity contribution >= 4 is 11.8 Å². The SMILES string of the molecule is CC(C)NC(=O)C1(Cc2ccc(-c3ccccc3)cc2)CCN(C(=O)[C@H]2C[C@@H]2C)CC1. The molecule has 1 saturated carbocycles. The third-order valence-electron chi connectivity index (χ3n) is 6.96. The van der Waals surface area contributed by atoms with Crippen LogP contribution in [-0.4, -0.2) is 35.8 Å². The molecule has 1 N–H and O–H groups in total. The minimum Gasteiger partial charge on any atom is -0.353 e. The fourth-order valence-electron chi connectivity index (χ4n) is 4.79. The molecule has 1 saturated heterocycles. The molecule has 1 heterocycles. The van der Waals surface area contributed by atoms with Gasteiger partial charge in [0.25, 0.3) is 0 Å². The van der Waals surface area contributed by atoms with Crippen LogP contribution in [0.4, 0.5) is 0 Å². The first-order valence-electron chi connectivity index (χ1n) is 11.6. The van der Waals surface area contributed by atoms with Crippen molar-refractivity contribution in [3.63, 3.8) is 0 Å². The van der Waals surface area contributed by atoms with Crippen LogP contribution in [-0.2, 0) is 16.0 Å². The zero-order valence-electron chi connectivity index (χ0n) is 18.9. The first-order valence-corrected chi connectivity index (χ1v) is 11.6. The number of hydrogen-bond acceptors (Lipinski definition) is 2. The van der Waals surface area contributed by atoms with Crippen LogP contribution in [0.15, 0.2) is 54.6 Å². The highest BCUT2D eigenvalue weighted by atomic mass is 16.2. The predicted octanol–water partition coefficient (Wildman–Crippen LogP) is 4.69. The topological polar surface area (TPSA) is 49.4 Å². The summed E-state index contributed by atoms with van der Waals surface area (Å²) in [6.45, 7) is 7.51. The highest BCUT2D eigenvalue weighted by molar-refractivity contribution is 5.85. The minimum atomic E-state index is -0.454. The molecule has 0 aromatic heterocycles. The summed E-state index contributed by atoms with van der Waals surface area (Å²) in [5, 5.41) is 3.15. The lowest BCUT2D eigenvalue weighted by Crippen LogP contribution is -2.52. The number of likely N-dealkylation sites (tertiary alicyclic amines) is 1. The van der Waals surface area contributed by atoms with Gasteiger partial charge in [-0.1, -0.05) is 61.5 Å². The lowest BCUT2D eigenvalue weighted by atomic mass is 9.72. The maximum atomic E-state index is 13.3. The van der Waals surface area contributed by atoms with Gasteiger partial charge in [0, 0.05) is 25.0 Å². The van der Waals surface area contributed by atoms with Crippen molar-refractivity contribution in [3.05, 3.63) is 60.2 Å². The van der Waals surface area contributed by atoms with Crippen molar-refractivity contribution in [2.45, 2.75) is 52.5 Å². The van der Waals surface area contributed by atoms with Crippen molar-refractivity contribution in [2.24, 2.45) is 17.3 Å². The maximum absolute atomic E-state index is 13.3. The van der Waals surface area contributed by atoms with E-state index in [0.29, 0.717) is 25.4 Å². The third-order valence-corrected chi connectivity index (χ3v) is 6.96. The van der Waals surface area contributed by atoms with Gasteiger partial charge in [-0.3, -0.25) is 9.59 Å². The Balaban J connectivity index is 1.49. The Bertz CT molecular complexity index is 912. The third kappa shape index (κ3) is 4.84. The number of piperidine rings is 1. The van der Waals surface area contributed by atoms with Crippen molar-refractivity contribution < 1.29 is 9.59 Å². The van der Waals surface area contributed by atoms with Crippen LogP contribution in [0.5, 0.6) is 0 Å². The summed E-state index contributed by atoms with van der Waals surface area (Å²) >= 11 is 0. The van der Waals surface area contributed by atoms with Crippen molar-refractivity contribution in [1.82, 2.24) is 10.2 Å².